The fraction of sp³-hybridized carbons (Fsp3) is 0.333. The van der Waals surface area contributed by atoms with Gasteiger partial charge < -0.3 is 14.6 Å². The topological polar surface area (TPSA) is 38.7 Å². The number of hydrogen-bond donors (Lipinski definition) is 1. The second kappa shape index (κ2) is 4.45. The summed E-state index contributed by atoms with van der Waals surface area (Å²) in [6.07, 6.45) is 2.54. The number of fused-ring (bicyclic) bond motifs is 1. The van der Waals surface area contributed by atoms with Crippen LogP contribution in [0.3, 0.4) is 0 Å². The number of methoxy groups -OCH3 is 2. The lowest BCUT2D eigenvalue weighted by Crippen LogP contribution is -2.22. The first kappa shape index (κ1) is 11.5. The molecule has 2 atom stereocenters. The number of halogens is 1. The minimum Gasteiger partial charge on any atom is -0.496 e. The zero-order valence-corrected chi connectivity index (χ0v) is 9.86. The Bertz CT molecular complexity index is 429. The van der Waals surface area contributed by atoms with Gasteiger partial charge in [-0.3, -0.25) is 0 Å². The van der Waals surface area contributed by atoms with Gasteiger partial charge in [-0.2, -0.15) is 0 Å². The first-order valence-corrected chi connectivity index (χ1v) is 5.32. The molecule has 16 heavy (non-hydrogen) atoms. The molecule has 0 amide bonds. The summed E-state index contributed by atoms with van der Waals surface area (Å²) in [5, 5.41) is 10.6. The highest BCUT2D eigenvalue weighted by Gasteiger charge is 2.28. The average molecular weight is 241 g/mol. The van der Waals surface area contributed by atoms with Gasteiger partial charge in [0.25, 0.3) is 0 Å². The van der Waals surface area contributed by atoms with E-state index in [0.717, 1.165) is 5.56 Å². The molecule has 0 heterocycles. The highest BCUT2D eigenvalue weighted by molar-refractivity contribution is 6.31. The SMILES string of the molecule is COc1ccc(Cl)c2c1C=C[C@H](OC)[C@H]2O. The van der Waals surface area contributed by atoms with Crippen molar-refractivity contribution in [1.29, 1.82) is 0 Å². The zero-order chi connectivity index (χ0) is 11.7. The third-order valence-electron chi connectivity index (χ3n) is 2.75. The van der Waals surface area contributed by atoms with E-state index in [9.17, 15) is 5.11 Å². The van der Waals surface area contributed by atoms with Crippen LogP contribution in [0, 0.1) is 0 Å². The standard InChI is InChI=1S/C12H13ClO3/c1-15-9-6-4-8(13)11-7(9)3-5-10(16-2)12(11)14/h3-6,10,12,14H,1-2H3/t10-,12+/m0/s1. The fourth-order valence-electron chi connectivity index (χ4n) is 1.91. The summed E-state index contributed by atoms with van der Waals surface area (Å²) in [5.41, 5.74) is 1.48. The van der Waals surface area contributed by atoms with Crippen LogP contribution < -0.4 is 4.74 Å². The molecular weight excluding hydrogens is 228 g/mol. The van der Waals surface area contributed by atoms with Gasteiger partial charge in [-0.05, 0) is 12.1 Å². The fourth-order valence-corrected chi connectivity index (χ4v) is 2.18. The Morgan fingerprint density at radius 1 is 1.31 bits per heavy atom. The largest absolute Gasteiger partial charge is 0.496 e. The predicted molar refractivity (Wildman–Crippen MR) is 62.8 cm³/mol. The van der Waals surface area contributed by atoms with Gasteiger partial charge in [-0.25, -0.2) is 0 Å². The van der Waals surface area contributed by atoms with E-state index < -0.39 is 6.10 Å². The van der Waals surface area contributed by atoms with Crippen LogP contribution in [0.1, 0.15) is 17.2 Å². The van der Waals surface area contributed by atoms with Gasteiger partial charge in [0.1, 0.15) is 18.0 Å². The van der Waals surface area contributed by atoms with Gasteiger partial charge >= 0.3 is 0 Å². The Hall–Kier alpha value is -1.03. The first-order chi connectivity index (χ1) is 7.69. The predicted octanol–water partition coefficient (Wildman–Crippen LogP) is 2.42. The molecule has 0 unspecified atom stereocenters. The van der Waals surface area contributed by atoms with Crippen molar-refractivity contribution in [1.82, 2.24) is 0 Å². The molecule has 0 spiro atoms. The molecule has 1 aliphatic carbocycles. The second-order valence-electron chi connectivity index (χ2n) is 3.58. The summed E-state index contributed by atoms with van der Waals surface area (Å²) in [5.74, 6) is 0.698. The van der Waals surface area contributed by atoms with E-state index in [1.54, 1.807) is 32.4 Å². The molecule has 0 aromatic heterocycles. The zero-order valence-electron chi connectivity index (χ0n) is 9.11. The Balaban J connectivity index is 2.57. The van der Waals surface area contributed by atoms with Crippen molar-refractivity contribution in [3.8, 4) is 5.75 Å². The van der Waals surface area contributed by atoms with Crippen LogP contribution in [-0.4, -0.2) is 25.4 Å². The summed E-state index contributed by atoms with van der Waals surface area (Å²) in [7, 11) is 3.14. The Morgan fingerprint density at radius 3 is 2.69 bits per heavy atom. The van der Waals surface area contributed by atoms with Gasteiger partial charge in [0.05, 0.1) is 7.11 Å². The molecule has 1 aliphatic rings. The van der Waals surface area contributed by atoms with Crippen molar-refractivity contribution in [2.75, 3.05) is 14.2 Å². The lowest BCUT2D eigenvalue weighted by Gasteiger charge is -2.26. The maximum absolute atomic E-state index is 10.1. The molecule has 4 heteroatoms. The number of aliphatic hydroxyl groups excluding tert-OH is 1. The molecule has 1 aromatic rings. The molecule has 0 fully saturated rings. The first-order valence-electron chi connectivity index (χ1n) is 4.94. The summed E-state index contributed by atoms with van der Waals surface area (Å²) >= 11 is 6.08. The molecule has 1 aromatic carbocycles. The van der Waals surface area contributed by atoms with Crippen molar-refractivity contribution in [2.45, 2.75) is 12.2 Å². The van der Waals surface area contributed by atoms with E-state index in [1.807, 2.05) is 6.08 Å². The minimum absolute atomic E-state index is 0.364. The molecular formula is C12H13ClO3. The van der Waals surface area contributed by atoms with Crippen molar-refractivity contribution in [3.63, 3.8) is 0 Å². The molecule has 0 radical (unpaired) electrons. The van der Waals surface area contributed by atoms with E-state index >= 15 is 0 Å². The van der Waals surface area contributed by atoms with Crippen LogP contribution in [0.25, 0.3) is 6.08 Å². The molecule has 86 valence electrons. The van der Waals surface area contributed by atoms with Crippen LogP contribution in [0.15, 0.2) is 18.2 Å². The molecule has 0 saturated carbocycles. The normalized spacial score (nSPS) is 23.0. The Morgan fingerprint density at radius 2 is 2.06 bits per heavy atom. The number of rotatable bonds is 2. The van der Waals surface area contributed by atoms with Crippen LogP contribution in [0.5, 0.6) is 5.75 Å². The number of hydrogen-bond acceptors (Lipinski definition) is 3. The highest BCUT2D eigenvalue weighted by Crippen LogP contribution is 2.39. The summed E-state index contributed by atoms with van der Waals surface area (Å²) in [4.78, 5) is 0. The van der Waals surface area contributed by atoms with Crippen LogP contribution in [-0.2, 0) is 4.74 Å². The van der Waals surface area contributed by atoms with Crippen LogP contribution >= 0.6 is 11.6 Å². The summed E-state index contributed by atoms with van der Waals surface area (Å²) in [6, 6.07) is 3.50. The van der Waals surface area contributed by atoms with Crippen molar-refractivity contribution in [3.05, 3.63) is 34.4 Å². The van der Waals surface area contributed by atoms with Gasteiger partial charge in [0.15, 0.2) is 0 Å². The lowest BCUT2D eigenvalue weighted by molar-refractivity contribution is 0.0149. The lowest BCUT2D eigenvalue weighted by atomic mass is 9.92. The van der Waals surface area contributed by atoms with E-state index in [1.165, 1.54) is 0 Å². The smallest absolute Gasteiger partial charge is 0.126 e. The number of ether oxygens (including phenoxy) is 2. The number of aliphatic hydroxyl groups is 1. The molecule has 0 saturated heterocycles. The quantitative estimate of drug-likeness (QED) is 0.863. The molecule has 2 rings (SSSR count). The monoisotopic (exact) mass is 240 g/mol. The molecule has 3 nitrogen and oxygen atoms in total. The van der Waals surface area contributed by atoms with Gasteiger partial charge in [0, 0.05) is 23.3 Å². The van der Waals surface area contributed by atoms with Gasteiger partial charge in [-0.15, -0.1) is 0 Å². The third-order valence-corrected chi connectivity index (χ3v) is 3.08. The molecule has 0 aliphatic heterocycles. The summed E-state index contributed by atoms with van der Waals surface area (Å²) in [6.45, 7) is 0. The third kappa shape index (κ3) is 1.71. The van der Waals surface area contributed by atoms with Crippen molar-refractivity contribution < 1.29 is 14.6 Å². The van der Waals surface area contributed by atoms with Gasteiger partial charge in [0.2, 0.25) is 0 Å². The van der Waals surface area contributed by atoms with E-state index in [-0.39, 0.29) is 6.10 Å². The van der Waals surface area contributed by atoms with E-state index in [0.29, 0.717) is 16.3 Å². The molecule has 0 bridgehead atoms. The van der Waals surface area contributed by atoms with E-state index in [2.05, 4.69) is 0 Å². The van der Waals surface area contributed by atoms with Crippen LogP contribution in [0.2, 0.25) is 5.02 Å². The van der Waals surface area contributed by atoms with Crippen molar-refractivity contribution in [2.24, 2.45) is 0 Å². The average Bonchev–Trinajstić information content (AvgIpc) is 2.30. The Labute approximate surface area is 99.3 Å². The van der Waals surface area contributed by atoms with Crippen molar-refractivity contribution >= 4 is 17.7 Å². The van der Waals surface area contributed by atoms with Crippen LogP contribution in [0.4, 0.5) is 0 Å². The van der Waals surface area contributed by atoms with Gasteiger partial charge in [-0.1, -0.05) is 23.8 Å². The Kier molecular flexibility index (Phi) is 3.19. The van der Waals surface area contributed by atoms with E-state index in [4.69, 9.17) is 21.1 Å². The second-order valence-corrected chi connectivity index (χ2v) is 3.99. The maximum Gasteiger partial charge on any atom is 0.126 e. The summed E-state index contributed by atoms with van der Waals surface area (Å²) < 4.78 is 10.4. The maximum atomic E-state index is 10.1. The number of benzene rings is 1. The highest BCUT2D eigenvalue weighted by atomic mass is 35.5. The molecule has 1 N–H and O–H groups in total. The minimum atomic E-state index is -0.757.